The molecule has 2 fully saturated rings. The summed E-state index contributed by atoms with van der Waals surface area (Å²) in [5.41, 5.74) is -0.305. The van der Waals surface area contributed by atoms with Crippen molar-refractivity contribution in [1.29, 1.82) is 0 Å². The van der Waals surface area contributed by atoms with Gasteiger partial charge in [-0.05, 0) is 38.0 Å². The van der Waals surface area contributed by atoms with Crippen molar-refractivity contribution in [2.45, 2.75) is 31.8 Å². The first kappa shape index (κ1) is 14.6. The number of carbonyl (C=O) groups excluding carboxylic acids is 1. The molecule has 1 amide bonds. The molecule has 1 saturated carbocycles. The van der Waals surface area contributed by atoms with Crippen LogP contribution in [0.3, 0.4) is 0 Å². The quantitative estimate of drug-likeness (QED) is 0.802. The van der Waals surface area contributed by atoms with Crippen molar-refractivity contribution < 1.29 is 19.4 Å². The highest BCUT2D eigenvalue weighted by molar-refractivity contribution is 5.87. The predicted octanol–water partition coefficient (Wildman–Crippen LogP) is 1.54. The number of rotatable bonds is 3. The van der Waals surface area contributed by atoms with Crippen molar-refractivity contribution in [3.63, 3.8) is 0 Å². The summed E-state index contributed by atoms with van der Waals surface area (Å²) in [4.78, 5) is 26.2. The molecule has 1 aliphatic heterocycles. The summed E-state index contributed by atoms with van der Waals surface area (Å²) in [6.45, 7) is 3.29. The molecule has 0 spiro atoms. The number of likely N-dealkylation sites (tertiary alicyclic amines) is 1. The highest BCUT2D eigenvalue weighted by atomic mass is 16.5. The first-order chi connectivity index (χ1) is 9.95. The predicted molar refractivity (Wildman–Crippen MR) is 76.6 cm³/mol. The van der Waals surface area contributed by atoms with E-state index in [1.807, 2.05) is 24.0 Å². The van der Waals surface area contributed by atoms with Gasteiger partial charge in [0.25, 0.3) is 0 Å². The Morgan fingerprint density at radius 2 is 1.95 bits per heavy atom. The topological polar surface area (TPSA) is 66.8 Å². The minimum Gasteiger partial charge on any atom is -0.481 e. The highest BCUT2D eigenvalue weighted by Gasteiger charge is 2.53. The molecule has 1 N–H and O–H groups in total. The van der Waals surface area contributed by atoms with Crippen molar-refractivity contribution in [2.24, 2.45) is 23.7 Å². The second-order valence-corrected chi connectivity index (χ2v) is 6.86. The largest absolute Gasteiger partial charge is 0.481 e. The molecule has 0 aromatic carbocycles. The molecule has 3 rings (SSSR count). The monoisotopic (exact) mass is 293 g/mol. The maximum atomic E-state index is 12.9. The number of carboxylic acids is 1. The third-order valence-corrected chi connectivity index (χ3v) is 5.49. The Hall–Kier alpha value is -1.36. The van der Waals surface area contributed by atoms with E-state index in [0.29, 0.717) is 13.1 Å². The summed E-state index contributed by atoms with van der Waals surface area (Å²) in [6.07, 6.45) is 6.66. The molecular weight excluding hydrogens is 270 g/mol. The molecule has 5 unspecified atom stereocenters. The van der Waals surface area contributed by atoms with Crippen LogP contribution >= 0.6 is 0 Å². The van der Waals surface area contributed by atoms with E-state index < -0.39 is 17.8 Å². The van der Waals surface area contributed by atoms with Crippen LogP contribution in [0.1, 0.15) is 26.2 Å². The Morgan fingerprint density at radius 1 is 1.29 bits per heavy atom. The molecule has 5 atom stereocenters. The van der Waals surface area contributed by atoms with Crippen LogP contribution in [0.15, 0.2) is 12.2 Å². The summed E-state index contributed by atoms with van der Waals surface area (Å²) in [5, 5.41) is 9.47. The van der Waals surface area contributed by atoms with Gasteiger partial charge in [0.05, 0.1) is 17.4 Å². The molecular formula is C16H23NO4. The normalized spacial score (nSPS) is 41.5. The van der Waals surface area contributed by atoms with Crippen LogP contribution in [-0.4, -0.2) is 47.7 Å². The lowest BCUT2D eigenvalue weighted by Gasteiger charge is -2.41. The van der Waals surface area contributed by atoms with Crippen molar-refractivity contribution >= 4 is 11.9 Å². The standard InChI is InChI=1S/C16H23NO4/c1-16(21-2)6-3-7-17(9-16)14(18)12-10-4-5-11(8-10)13(12)15(19)20/h4-5,10-13H,3,6-9H2,1-2H3,(H,19,20). The lowest BCUT2D eigenvalue weighted by molar-refractivity contribution is -0.154. The van der Waals surface area contributed by atoms with Crippen LogP contribution in [0.25, 0.3) is 0 Å². The van der Waals surface area contributed by atoms with Gasteiger partial charge in [0.2, 0.25) is 5.91 Å². The van der Waals surface area contributed by atoms with Gasteiger partial charge >= 0.3 is 5.97 Å². The fraction of sp³-hybridized carbons (Fsp3) is 0.750. The van der Waals surface area contributed by atoms with Gasteiger partial charge < -0.3 is 14.7 Å². The van der Waals surface area contributed by atoms with Crippen molar-refractivity contribution in [2.75, 3.05) is 20.2 Å². The number of hydrogen-bond donors (Lipinski definition) is 1. The first-order valence-electron chi connectivity index (χ1n) is 7.70. The Kier molecular flexibility index (Phi) is 3.56. The zero-order valence-corrected chi connectivity index (χ0v) is 12.6. The molecule has 2 aliphatic carbocycles. The first-order valence-corrected chi connectivity index (χ1v) is 7.70. The SMILES string of the molecule is COC1(C)CCCN(C(=O)C2C3C=CC(C3)C2C(=O)O)C1. The van der Waals surface area contributed by atoms with E-state index in [-0.39, 0.29) is 23.3 Å². The van der Waals surface area contributed by atoms with Crippen LogP contribution in [-0.2, 0) is 14.3 Å². The van der Waals surface area contributed by atoms with Crippen LogP contribution in [0, 0.1) is 23.7 Å². The maximum Gasteiger partial charge on any atom is 0.307 e. The number of aliphatic carboxylic acids is 1. The van der Waals surface area contributed by atoms with E-state index in [0.717, 1.165) is 19.3 Å². The number of allylic oxidation sites excluding steroid dienone is 2. The third kappa shape index (κ3) is 2.37. The summed E-state index contributed by atoms with van der Waals surface area (Å²) in [6, 6.07) is 0. The zero-order chi connectivity index (χ0) is 15.2. The van der Waals surface area contributed by atoms with Crippen LogP contribution in [0.4, 0.5) is 0 Å². The molecule has 3 aliphatic rings. The van der Waals surface area contributed by atoms with Gasteiger partial charge in [0, 0.05) is 20.2 Å². The zero-order valence-electron chi connectivity index (χ0n) is 12.6. The lowest BCUT2D eigenvalue weighted by Crippen LogP contribution is -2.53. The van der Waals surface area contributed by atoms with Gasteiger partial charge in [-0.15, -0.1) is 0 Å². The number of nitrogens with zero attached hydrogens (tertiary/aromatic N) is 1. The van der Waals surface area contributed by atoms with E-state index >= 15 is 0 Å². The number of ether oxygens (including phenoxy) is 1. The number of piperidine rings is 1. The fourth-order valence-electron chi connectivity index (χ4n) is 4.27. The molecule has 5 nitrogen and oxygen atoms in total. The molecule has 0 radical (unpaired) electrons. The fourth-order valence-corrected chi connectivity index (χ4v) is 4.27. The van der Waals surface area contributed by atoms with Gasteiger partial charge in [0.15, 0.2) is 0 Å². The Bertz CT molecular complexity index is 489. The number of methoxy groups -OCH3 is 1. The van der Waals surface area contributed by atoms with E-state index in [9.17, 15) is 14.7 Å². The van der Waals surface area contributed by atoms with E-state index in [1.54, 1.807) is 7.11 Å². The third-order valence-electron chi connectivity index (χ3n) is 5.49. The second kappa shape index (κ2) is 5.13. The second-order valence-electron chi connectivity index (χ2n) is 6.86. The van der Waals surface area contributed by atoms with Gasteiger partial charge in [-0.3, -0.25) is 9.59 Å². The van der Waals surface area contributed by atoms with Gasteiger partial charge in [-0.1, -0.05) is 12.2 Å². The Balaban J connectivity index is 1.78. The lowest BCUT2D eigenvalue weighted by atomic mass is 9.81. The Morgan fingerprint density at radius 3 is 2.57 bits per heavy atom. The summed E-state index contributed by atoms with van der Waals surface area (Å²) in [7, 11) is 1.67. The van der Waals surface area contributed by atoms with Crippen LogP contribution < -0.4 is 0 Å². The number of hydrogen-bond acceptors (Lipinski definition) is 3. The minimum absolute atomic E-state index is 0.00206. The van der Waals surface area contributed by atoms with Gasteiger partial charge in [0.1, 0.15) is 0 Å². The molecule has 21 heavy (non-hydrogen) atoms. The molecule has 1 saturated heterocycles. The number of carbonyl (C=O) groups is 2. The number of carboxylic acid groups (broad SMARTS) is 1. The molecule has 5 heteroatoms. The number of amides is 1. The van der Waals surface area contributed by atoms with Crippen LogP contribution in [0.5, 0.6) is 0 Å². The molecule has 0 aromatic heterocycles. The summed E-state index contributed by atoms with van der Waals surface area (Å²) < 4.78 is 5.53. The van der Waals surface area contributed by atoms with Crippen LogP contribution in [0.2, 0.25) is 0 Å². The van der Waals surface area contributed by atoms with Gasteiger partial charge in [-0.2, -0.15) is 0 Å². The summed E-state index contributed by atoms with van der Waals surface area (Å²) in [5.74, 6) is -1.65. The maximum absolute atomic E-state index is 12.9. The molecule has 1 heterocycles. The molecule has 116 valence electrons. The number of fused-ring (bicyclic) bond motifs is 2. The van der Waals surface area contributed by atoms with Crippen molar-refractivity contribution in [3.8, 4) is 0 Å². The van der Waals surface area contributed by atoms with E-state index in [1.165, 1.54) is 0 Å². The van der Waals surface area contributed by atoms with E-state index in [2.05, 4.69) is 0 Å². The smallest absolute Gasteiger partial charge is 0.307 e. The average Bonchev–Trinajstić information content (AvgIpc) is 3.07. The average molecular weight is 293 g/mol. The minimum atomic E-state index is -0.836. The molecule has 2 bridgehead atoms. The molecule has 0 aromatic rings. The highest BCUT2D eigenvalue weighted by Crippen LogP contribution is 2.49. The summed E-state index contributed by atoms with van der Waals surface area (Å²) >= 11 is 0. The Labute approximate surface area is 124 Å². The van der Waals surface area contributed by atoms with Crippen molar-refractivity contribution in [1.82, 2.24) is 4.90 Å². The van der Waals surface area contributed by atoms with E-state index in [4.69, 9.17) is 4.74 Å². The van der Waals surface area contributed by atoms with Gasteiger partial charge in [-0.25, -0.2) is 0 Å². The van der Waals surface area contributed by atoms with Crippen molar-refractivity contribution in [3.05, 3.63) is 12.2 Å².